The van der Waals surface area contributed by atoms with Gasteiger partial charge in [-0.2, -0.15) is 0 Å². The van der Waals surface area contributed by atoms with Crippen molar-refractivity contribution in [3.8, 4) is 11.8 Å². The highest BCUT2D eigenvalue weighted by Crippen LogP contribution is 2.21. The van der Waals surface area contributed by atoms with Gasteiger partial charge in [0, 0.05) is 12.1 Å². The molecule has 0 bridgehead atoms. The first-order valence-corrected chi connectivity index (χ1v) is 6.02. The molecule has 0 spiro atoms. The lowest BCUT2D eigenvalue weighted by atomic mass is 10.1. The highest BCUT2D eigenvalue weighted by molar-refractivity contribution is 6.33. The van der Waals surface area contributed by atoms with Crippen molar-refractivity contribution in [2.24, 2.45) is 0 Å². The lowest BCUT2D eigenvalue weighted by Crippen LogP contribution is -2.19. The lowest BCUT2D eigenvalue weighted by molar-refractivity contribution is 0.0381. The molecule has 1 aromatic heterocycles. The minimum absolute atomic E-state index is 0.0113. The Kier molecular flexibility index (Phi) is 4.04. The van der Waals surface area contributed by atoms with E-state index in [2.05, 4.69) is 4.74 Å². The normalized spacial score (nSPS) is 10.2. The van der Waals surface area contributed by atoms with Gasteiger partial charge in [-0.05, 0) is 18.2 Å². The summed E-state index contributed by atoms with van der Waals surface area (Å²) in [5, 5.41) is 18.7. The monoisotopic (exact) mass is 311 g/mol. The number of aromatic nitrogens is 1. The summed E-state index contributed by atoms with van der Waals surface area (Å²) in [5.74, 6) is -2.41. The number of hydrogen-bond acceptors (Lipinski definition) is 6. The van der Waals surface area contributed by atoms with Gasteiger partial charge in [0.25, 0.3) is 0 Å². The minimum Gasteiger partial charge on any atom is -0.492 e. The fourth-order valence-electron chi connectivity index (χ4n) is 1.55. The van der Waals surface area contributed by atoms with Gasteiger partial charge in [0.1, 0.15) is 0 Å². The van der Waals surface area contributed by atoms with Gasteiger partial charge >= 0.3 is 11.9 Å². The van der Waals surface area contributed by atoms with E-state index in [1.54, 1.807) is 0 Å². The molecule has 0 saturated carbocycles. The second-order valence-electron chi connectivity index (χ2n) is 3.91. The molecule has 2 aromatic rings. The van der Waals surface area contributed by atoms with Crippen molar-refractivity contribution in [1.29, 1.82) is 0 Å². The van der Waals surface area contributed by atoms with Crippen LogP contribution in [0.1, 0.15) is 20.7 Å². The van der Waals surface area contributed by atoms with Crippen LogP contribution < -0.4 is 4.84 Å². The molecule has 0 atom stereocenters. The highest BCUT2D eigenvalue weighted by atomic mass is 35.5. The summed E-state index contributed by atoms with van der Waals surface area (Å²) in [4.78, 5) is 28.0. The van der Waals surface area contributed by atoms with Crippen molar-refractivity contribution in [2.45, 2.75) is 0 Å². The Labute approximate surface area is 123 Å². The molecule has 21 heavy (non-hydrogen) atoms. The number of carbonyl (C=O) groups excluding carboxylic acids is 2. The standard InChI is InChI=1S/C13H10ClNO6/c1-20-13(19)8-3-2-7(6-9(8)14)12(18)21-15-10(16)4-5-11(15)17/h2-6,16-17H,1H3. The zero-order valence-electron chi connectivity index (χ0n) is 10.7. The fraction of sp³-hybridized carbons (Fsp3) is 0.0769. The molecule has 0 aliphatic rings. The van der Waals surface area contributed by atoms with Gasteiger partial charge < -0.3 is 19.8 Å². The molecule has 0 aliphatic carbocycles. The summed E-state index contributed by atoms with van der Waals surface area (Å²) in [6.07, 6.45) is 0. The van der Waals surface area contributed by atoms with E-state index in [1.807, 2.05) is 0 Å². The second kappa shape index (κ2) is 5.76. The van der Waals surface area contributed by atoms with Gasteiger partial charge in [0.05, 0.1) is 23.3 Å². The summed E-state index contributed by atoms with van der Waals surface area (Å²) in [5.41, 5.74) is 0.127. The van der Waals surface area contributed by atoms with Gasteiger partial charge in [-0.15, -0.1) is 4.73 Å². The van der Waals surface area contributed by atoms with Crippen molar-refractivity contribution >= 4 is 23.5 Å². The molecular weight excluding hydrogens is 302 g/mol. The Hall–Kier alpha value is -2.67. The smallest absolute Gasteiger partial charge is 0.363 e. The number of aromatic hydroxyl groups is 2. The zero-order valence-corrected chi connectivity index (χ0v) is 11.5. The molecule has 7 nitrogen and oxygen atoms in total. The van der Waals surface area contributed by atoms with E-state index in [9.17, 15) is 19.8 Å². The average molecular weight is 312 g/mol. The third-order valence-corrected chi connectivity index (χ3v) is 2.89. The lowest BCUT2D eigenvalue weighted by Gasteiger charge is -2.08. The number of ether oxygens (including phenoxy) is 1. The van der Waals surface area contributed by atoms with Crippen molar-refractivity contribution in [3.63, 3.8) is 0 Å². The van der Waals surface area contributed by atoms with Gasteiger partial charge in [0.2, 0.25) is 11.8 Å². The number of benzene rings is 1. The van der Waals surface area contributed by atoms with E-state index in [0.717, 1.165) is 12.1 Å². The summed E-state index contributed by atoms with van der Waals surface area (Å²) in [7, 11) is 1.21. The summed E-state index contributed by atoms with van der Waals surface area (Å²) < 4.78 is 5.07. The van der Waals surface area contributed by atoms with Crippen LogP contribution in [0.2, 0.25) is 5.02 Å². The maximum absolute atomic E-state index is 11.9. The Balaban J connectivity index is 2.25. The number of methoxy groups -OCH3 is 1. The topological polar surface area (TPSA) is 98.0 Å². The fourth-order valence-corrected chi connectivity index (χ4v) is 1.81. The third-order valence-electron chi connectivity index (χ3n) is 2.58. The van der Waals surface area contributed by atoms with E-state index in [1.165, 1.54) is 25.3 Å². The first kappa shape index (κ1) is 14.7. The van der Waals surface area contributed by atoms with Crippen LogP contribution in [-0.4, -0.2) is 34.0 Å². The first-order valence-electron chi connectivity index (χ1n) is 5.64. The van der Waals surface area contributed by atoms with Crippen LogP contribution in [0.25, 0.3) is 0 Å². The van der Waals surface area contributed by atoms with Crippen molar-refractivity contribution in [3.05, 3.63) is 46.5 Å². The molecule has 1 heterocycles. The van der Waals surface area contributed by atoms with Crippen LogP contribution in [0, 0.1) is 0 Å². The molecule has 8 heteroatoms. The van der Waals surface area contributed by atoms with Gasteiger partial charge in [-0.25, -0.2) is 9.59 Å². The first-order chi connectivity index (χ1) is 9.93. The van der Waals surface area contributed by atoms with Crippen molar-refractivity contribution in [1.82, 2.24) is 4.73 Å². The SMILES string of the molecule is COC(=O)c1ccc(C(=O)On2c(O)ccc2O)cc1Cl. The van der Waals surface area contributed by atoms with Crippen LogP contribution >= 0.6 is 11.6 Å². The van der Waals surface area contributed by atoms with Crippen LogP contribution in [-0.2, 0) is 4.74 Å². The summed E-state index contributed by atoms with van der Waals surface area (Å²) in [6, 6.07) is 6.12. The van der Waals surface area contributed by atoms with Crippen LogP contribution in [0.5, 0.6) is 11.8 Å². The summed E-state index contributed by atoms with van der Waals surface area (Å²) in [6.45, 7) is 0. The average Bonchev–Trinajstić information content (AvgIpc) is 2.78. The van der Waals surface area contributed by atoms with Gasteiger partial charge in [0.15, 0.2) is 0 Å². The maximum Gasteiger partial charge on any atom is 0.363 e. The Bertz CT molecular complexity index is 689. The van der Waals surface area contributed by atoms with Crippen LogP contribution in [0.15, 0.2) is 30.3 Å². The molecule has 0 saturated heterocycles. The molecular formula is C13H10ClNO6. The van der Waals surface area contributed by atoms with Crippen molar-refractivity contribution in [2.75, 3.05) is 7.11 Å². The molecule has 0 fully saturated rings. The van der Waals surface area contributed by atoms with E-state index < -0.39 is 23.7 Å². The number of nitrogens with zero attached hydrogens (tertiary/aromatic N) is 1. The number of rotatable bonds is 3. The van der Waals surface area contributed by atoms with E-state index in [-0.39, 0.29) is 16.1 Å². The Morgan fingerprint density at radius 3 is 2.24 bits per heavy atom. The van der Waals surface area contributed by atoms with Crippen LogP contribution in [0.3, 0.4) is 0 Å². The quantitative estimate of drug-likeness (QED) is 0.836. The van der Waals surface area contributed by atoms with E-state index in [0.29, 0.717) is 4.73 Å². The molecule has 0 aliphatic heterocycles. The molecule has 0 radical (unpaired) electrons. The Morgan fingerprint density at radius 2 is 1.71 bits per heavy atom. The predicted octanol–water partition coefficient (Wildman–Crippen LogP) is 1.61. The molecule has 2 N–H and O–H groups in total. The highest BCUT2D eigenvalue weighted by Gasteiger charge is 2.17. The number of esters is 1. The van der Waals surface area contributed by atoms with Crippen molar-refractivity contribution < 1.29 is 29.4 Å². The second-order valence-corrected chi connectivity index (χ2v) is 4.32. The predicted molar refractivity (Wildman–Crippen MR) is 71.5 cm³/mol. The third kappa shape index (κ3) is 2.92. The largest absolute Gasteiger partial charge is 0.492 e. The Morgan fingerprint density at radius 1 is 1.10 bits per heavy atom. The molecule has 110 valence electrons. The summed E-state index contributed by atoms with van der Waals surface area (Å²) >= 11 is 5.88. The molecule has 2 rings (SSSR count). The molecule has 0 amide bonds. The molecule has 0 unspecified atom stereocenters. The molecule has 1 aromatic carbocycles. The van der Waals surface area contributed by atoms with Crippen LogP contribution in [0.4, 0.5) is 0 Å². The number of hydrogen-bond donors (Lipinski definition) is 2. The van der Waals surface area contributed by atoms with E-state index >= 15 is 0 Å². The maximum atomic E-state index is 11.9. The van der Waals surface area contributed by atoms with E-state index in [4.69, 9.17) is 16.4 Å². The van der Waals surface area contributed by atoms with Gasteiger partial charge in [-0.1, -0.05) is 11.6 Å². The minimum atomic E-state index is -0.880. The van der Waals surface area contributed by atoms with Gasteiger partial charge in [-0.3, -0.25) is 0 Å². The zero-order chi connectivity index (χ0) is 15.6. The number of carbonyl (C=O) groups is 2. The number of halogens is 1.